The second-order valence-electron chi connectivity index (χ2n) is 4.40. The van der Waals surface area contributed by atoms with E-state index in [2.05, 4.69) is 36.5 Å². The van der Waals surface area contributed by atoms with Gasteiger partial charge in [0.15, 0.2) is 0 Å². The van der Waals surface area contributed by atoms with E-state index >= 15 is 0 Å². The zero-order valence-corrected chi connectivity index (χ0v) is 9.44. The van der Waals surface area contributed by atoms with Crippen molar-refractivity contribution in [3.63, 3.8) is 0 Å². The number of benzene rings is 1. The maximum Gasteiger partial charge on any atom is 0.306 e. The van der Waals surface area contributed by atoms with Crippen molar-refractivity contribution in [1.82, 2.24) is 0 Å². The van der Waals surface area contributed by atoms with Crippen LogP contribution in [0.15, 0.2) is 24.3 Å². The van der Waals surface area contributed by atoms with Crippen molar-refractivity contribution in [3.8, 4) is 0 Å². The Morgan fingerprint density at radius 2 is 2.00 bits per heavy atom. The van der Waals surface area contributed by atoms with Gasteiger partial charge in [-0.3, -0.25) is 4.79 Å². The lowest BCUT2D eigenvalue weighted by Gasteiger charge is -2.33. The molecule has 3 heteroatoms. The van der Waals surface area contributed by atoms with Crippen LogP contribution in [0.1, 0.15) is 25.3 Å². The summed E-state index contributed by atoms with van der Waals surface area (Å²) in [6, 6.07) is 8.67. The van der Waals surface area contributed by atoms with Crippen molar-refractivity contribution in [2.45, 2.75) is 32.2 Å². The van der Waals surface area contributed by atoms with Crippen LogP contribution in [0.25, 0.3) is 0 Å². The third kappa shape index (κ3) is 2.35. The molecule has 2 rings (SSSR count). The molecule has 1 aromatic carbocycles. The van der Waals surface area contributed by atoms with Crippen LogP contribution < -0.4 is 5.32 Å². The first-order valence-corrected chi connectivity index (χ1v) is 5.77. The second-order valence-corrected chi connectivity index (χ2v) is 4.40. The van der Waals surface area contributed by atoms with Crippen LogP contribution in [0, 0.1) is 5.92 Å². The topological polar surface area (TPSA) is 49.3 Å². The first-order valence-electron chi connectivity index (χ1n) is 5.77. The van der Waals surface area contributed by atoms with Crippen LogP contribution in [-0.2, 0) is 11.2 Å². The molecule has 0 aromatic heterocycles. The van der Waals surface area contributed by atoms with Crippen LogP contribution in [0.5, 0.6) is 0 Å². The van der Waals surface area contributed by atoms with Gasteiger partial charge in [-0.05, 0) is 37.0 Å². The highest BCUT2D eigenvalue weighted by molar-refractivity contribution is 5.71. The number of aryl methyl sites for hydroxylation is 1. The minimum Gasteiger partial charge on any atom is -0.481 e. The van der Waals surface area contributed by atoms with E-state index in [1.165, 1.54) is 5.56 Å². The van der Waals surface area contributed by atoms with Crippen molar-refractivity contribution >= 4 is 11.7 Å². The van der Waals surface area contributed by atoms with Gasteiger partial charge in [-0.25, -0.2) is 0 Å². The predicted octanol–water partition coefficient (Wildman–Crippen LogP) is 2.52. The molecular formula is C13H17NO2. The SMILES string of the molecule is CCc1ccc(NC2CC(C(=O)O)C2)cc1. The molecule has 16 heavy (non-hydrogen) atoms. The van der Waals surface area contributed by atoms with Crippen LogP contribution in [0.2, 0.25) is 0 Å². The predicted molar refractivity (Wildman–Crippen MR) is 63.6 cm³/mol. The molecule has 0 radical (unpaired) electrons. The summed E-state index contributed by atoms with van der Waals surface area (Å²) in [4.78, 5) is 10.6. The highest BCUT2D eigenvalue weighted by Gasteiger charge is 2.34. The molecule has 3 nitrogen and oxygen atoms in total. The van der Waals surface area contributed by atoms with Gasteiger partial charge in [0.25, 0.3) is 0 Å². The zero-order chi connectivity index (χ0) is 11.5. The van der Waals surface area contributed by atoms with E-state index in [0.717, 1.165) is 24.9 Å². The fourth-order valence-electron chi connectivity index (χ4n) is 2.01. The van der Waals surface area contributed by atoms with Crippen molar-refractivity contribution in [2.24, 2.45) is 5.92 Å². The maximum atomic E-state index is 10.6. The van der Waals surface area contributed by atoms with Gasteiger partial charge in [0.05, 0.1) is 5.92 Å². The number of rotatable bonds is 4. The summed E-state index contributed by atoms with van der Waals surface area (Å²) >= 11 is 0. The third-order valence-electron chi connectivity index (χ3n) is 3.22. The molecule has 0 atom stereocenters. The molecule has 0 bridgehead atoms. The number of aliphatic carboxylic acids is 1. The summed E-state index contributed by atoms with van der Waals surface area (Å²) < 4.78 is 0. The largest absolute Gasteiger partial charge is 0.481 e. The Bertz CT molecular complexity index is 366. The lowest BCUT2D eigenvalue weighted by atomic mass is 9.80. The van der Waals surface area contributed by atoms with Crippen LogP contribution in [0.3, 0.4) is 0 Å². The highest BCUT2D eigenvalue weighted by atomic mass is 16.4. The molecule has 1 fully saturated rings. The minimum absolute atomic E-state index is 0.146. The van der Waals surface area contributed by atoms with Gasteiger partial charge in [0.2, 0.25) is 0 Å². The van der Waals surface area contributed by atoms with E-state index < -0.39 is 5.97 Å². The van der Waals surface area contributed by atoms with Gasteiger partial charge in [0.1, 0.15) is 0 Å². The van der Waals surface area contributed by atoms with E-state index in [-0.39, 0.29) is 5.92 Å². The fraction of sp³-hybridized carbons (Fsp3) is 0.462. The maximum absolute atomic E-state index is 10.6. The molecule has 1 aliphatic carbocycles. The van der Waals surface area contributed by atoms with Gasteiger partial charge in [-0.2, -0.15) is 0 Å². The van der Waals surface area contributed by atoms with Crippen molar-refractivity contribution < 1.29 is 9.90 Å². The van der Waals surface area contributed by atoms with E-state index in [1.807, 2.05) is 0 Å². The van der Waals surface area contributed by atoms with Gasteiger partial charge in [-0.1, -0.05) is 19.1 Å². The Kier molecular flexibility index (Phi) is 3.13. The molecule has 0 saturated heterocycles. The normalized spacial score (nSPS) is 23.6. The van der Waals surface area contributed by atoms with E-state index in [0.29, 0.717) is 6.04 Å². The monoisotopic (exact) mass is 219 g/mol. The summed E-state index contributed by atoms with van der Waals surface area (Å²) in [7, 11) is 0. The van der Waals surface area contributed by atoms with Crippen LogP contribution >= 0.6 is 0 Å². The zero-order valence-electron chi connectivity index (χ0n) is 9.44. The summed E-state index contributed by atoms with van der Waals surface area (Å²) in [5.74, 6) is -0.813. The standard InChI is InChI=1S/C13H17NO2/c1-2-9-3-5-11(6-4-9)14-12-7-10(8-12)13(15)16/h3-6,10,12,14H,2,7-8H2,1H3,(H,15,16). The third-order valence-corrected chi connectivity index (χ3v) is 3.22. The van der Waals surface area contributed by atoms with Gasteiger partial charge >= 0.3 is 5.97 Å². The highest BCUT2D eigenvalue weighted by Crippen LogP contribution is 2.30. The Hall–Kier alpha value is -1.51. The quantitative estimate of drug-likeness (QED) is 0.818. The molecule has 86 valence electrons. The van der Waals surface area contributed by atoms with Gasteiger partial charge in [-0.15, -0.1) is 0 Å². The number of carboxylic acids is 1. The van der Waals surface area contributed by atoms with E-state index in [9.17, 15) is 4.79 Å². The van der Waals surface area contributed by atoms with Gasteiger partial charge < -0.3 is 10.4 Å². The first-order chi connectivity index (χ1) is 7.69. The molecule has 0 aliphatic heterocycles. The summed E-state index contributed by atoms with van der Waals surface area (Å²) in [5, 5.41) is 12.1. The first kappa shape index (κ1) is 11.0. The molecule has 0 unspecified atom stereocenters. The number of carboxylic acid groups (broad SMARTS) is 1. The molecule has 1 aromatic rings. The number of hydrogen-bond donors (Lipinski definition) is 2. The molecule has 0 heterocycles. The summed E-state index contributed by atoms with van der Waals surface area (Å²) in [6.07, 6.45) is 2.53. The Morgan fingerprint density at radius 1 is 1.38 bits per heavy atom. The van der Waals surface area contributed by atoms with E-state index in [1.54, 1.807) is 0 Å². The molecule has 2 N–H and O–H groups in total. The number of anilines is 1. The molecule has 1 aliphatic rings. The van der Waals surface area contributed by atoms with Crippen molar-refractivity contribution in [2.75, 3.05) is 5.32 Å². The lowest BCUT2D eigenvalue weighted by molar-refractivity contribution is -0.144. The van der Waals surface area contributed by atoms with Crippen molar-refractivity contribution in [1.29, 1.82) is 0 Å². The Balaban J connectivity index is 1.84. The molecule has 0 amide bonds. The fourth-order valence-corrected chi connectivity index (χ4v) is 2.01. The van der Waals surface area contributed by atoms with Gasteiger partial charge in [0, 0.05) is 11.7 Å². The lowest BCUT2D eigenvalue weighted by Crippen LogP contribution is -2.39. The number of carbonyl (C=O) groups is 1. The summed E-state index contributed by atoms with van der Waals surface area (Å²) in [6.45, 7) is 2.13. The average Bonchev–Trinajstić information content (AvgIpc) is 2.23. The molecular weight excluding hydrogens is 202 g/mol. The Labute approximate surface area is 95.5 Å². The minimum atomic E-state index is -0.667. The van der Waals surface area contributed by atoms with Crippen LogP contribution in [-0.4, -0.2) is 17.1 Å². The smallest absolute Gasteiger partial charge is 0.306 e. The number of hydrogen-bond acceptors (Lipinski definition) is 2. The Morgan fingerprint density at radius 3 is 2.50 bits per heavy atom. The number of nitrogens with one attached hydrogen (secondary N) is 1. The second kappa shape index (κ2) is 4.56. The van der Waals surface area contributed by atoms with Crippen molar-refractivity contribution in [3.05, 3.63) is 29.8 Å². The molecule has 0 spiro atoms. The van der Waals surface area contributed by atoms with E-state index in [4.69, 9.17) is 5.11 Å². The molecule has 1 saturated carbocycles. The van der Waals surface area contributed by atoms with Crippen LogP contribution in [0.4, 0.5) is 5.69 Å². The summed E-state index contributed by atoms with van der Waals surface area (Å²) in [5.41, 5.74) is 2.41. The average molecular weight is 219 g/mol.